The van der Waals surface area contributed by atoms with E-state index in [2.05, 4.69) is 17.4 Å². The van der Waals surface area contributed by atoms with Gasteiger partial charge in [0.25, 0.3) is 5.91 Å². The highest BCUT2D eigenvalue weighted by Crippen LogP contribution is 2.18. The van der Waals surface area contributed by atoms with Gasteiger partial charge < -0.3 is 19.7 Å². The van der Waals surface area contributed by atoms with Gasteiger partial charge in [-0.25, -0.2) is 0 Å². The van der Waals surface area contributed by atoms with Gasteiger partial charge in [-0.1, -0.05) is 29.8 Å². The molecule has 2 aromatic rings. The summed E-state index contributed by atoms with van der Waals surface area (Å²) in [6.07, 6.45) is 0. The monoisotopic (exact) mass is 355 g/mol. The van der Waals surface area contributed by atoms with Crippen molar-refractivity contribution in [1.29, 1.82) is 0 Å². The smallest absolute Gasteiger partial charge is 0.262 e. The molecule has 3 rings (SSSR count). The molecule has 0 atom stereocenters. The summed E-state index contributed by atoms with van der Waals surface area (Å²) in [7, 11) is 0. The summed E-state index contributed by atoms with van der Waals surface area (Å²) in [5, 5.41) is 2.88. The van der Waals surface area contributed by atoms with Gasteiger partial charge in [-0.05, 0) is 37.6 Å². The minimum atomic E-state index is -0.156. The molecule has 26 heavy (non-hydrogen) atoms. The van der Waals surface area contributed by atoms with Crippen LogP contribution in [-0.2, 0) is 16.1 Å². The molecule has 0 aliphatic carbocycles. The maximum atomic E-state index is 12.1. The van der Waals surface area contributed by atoms with Crippen LogP contribution in [0.5, 0.6) is 5.75 Å². The van der Waals surface area contributed by atoms with E-state index < -0.39 is 0 Å². The van der Waals surface area contributed by atoms with Crippen LogP contribution in [0.2, 0.25) is 0 Å². The van der Waals surface area contributed by atoms with Crippen molar-refractivity contribution in [2.45, 2.75) is 20.4 Å². The highest BCUT2D eigenvalue weighted by Gasteiger charge is 2.14. The molecule has 0 saturated carbocycles. The van der Waals surface area contributed by atoms with Crippen LogP contribution in [0.1, 0.15) is 16.7 Å². The molecule has 2 N–H and O–H groups in total. The fourth-order valence-corrected chi connectivity index (χ4v) is 3.13. The minimum absolute atomic E-state index is 0.00355. The van der Waals surface area contributed by atoms with Gasteiger partial charge in [-0.3, -0.25) is 4.79 Å². The summed E-state index contributed by atoms with van der Waals surface area (Å²) in [6.45, 7) is 8.79. The number of ether oxygens (including phenoxy) is 2. The van der Waals surface area contributed by atoms with Crippen molar-refractivity contribution in [3.63, 3.8) is 0 Å². The van der Waals surface area contributed by atoms with Gasteiger partial charge in [0.15, 0.2) is 6.61 Å². The summed E-state index contributed by atoms with van der Waals surface area (Å²) in [5.74, 6) is 0.589. The number of amides is 1. The van der Waals surface area contributed by atoms with Gasteiger partial charge in [0.05, 0.1) is 13.2 Å². The lowest BCUT2D eigenvalue weighted by Gasteiger charge is -2.23. The first-order chi connectivity index (χ1) is 12.6. The Hall–Kier alpha value is -2.37. The number of nitrogens with one attached hydrogen (secondary N) is 2. The van der Waals surface area contributed by atoms with Crippen molar-refractivity contribution >= 4 is 11.6 Å². The van der Waals surface area contributed by atoms with E-state index in [1.165, 1.54) is 16.0 Å². The van der Waals surface area contributed by atoms with Crippen molar-refractivity contribution in [2.75, 3.05) is 38.2 Å². The first-order valence-corrected chi connectivity index (χ1v) is 9.10. The Morgan fingerprint density at radius 1 is 1.12 bits per heavy atom. The van der Waals surface area contributed by atoms with Crippen molar-refractivity contribution in [1.82, 2.24) is 0 Å². The molecular formula is C21H27N2O3+. The van der Waals surface area contributed by atoms with E-state index in [9.17, 15) is 4.79 Å². The number of quaternary nitrogens is 1. The van der Waals surface area contributed by atoms with E-state index in [4.69, 9.17) is 9.47 Å². The Bertz CT molecular complexity index is 737. The number of anilines is 1. The Morgan fingerprint density at radius 3 is 2.54 bits per heavy atom. The largest absolute Gasteiger partial charge is 0.483 e. The van der Waals surface area contributed by atoms with Gasteiger partial charge in [-0.2, -0.15) is 0 Å². The van der Waals surface area contributed by atoms with Crippen molar-refractivity contribution in [2.24, 2.45) is 0 Å². The molecule has 1 amide bonds. The standard InChI is InChI=1S/C21H26N2O3/c1-16-3-8-20(17(2)13-16)26-15-21(24)22-19-6-4-18(5-7-19)14-23-9-11-25-12-10-23/h3-8,13H,9-12,14-15H2,1-2H3,(H,22,24)/p+1. The van der Waals surface area contributed by atoms with E-state index >= 15 is 0 Å². The van der Waals surface area contributed by atoms with Gasteiger partial charge in [0, 0.05) is 11.3 Å². The second kappa shape index (κ2) is 8.83. The molecule has 5 nitrogen and oxygen atoms in total. The Morgan fingerprint density at radius 2 is 1.85 bits per heavy atom. The van der Waals surface area contributed by atoms with E-state index in [1.807, 2.05) is 44.2 Å². The fourth-order valence-electron chi connectivity index (χ4n) is 3.13. The number of hydrogen-bond donors (Lipinski definition) is 2. The molecule has 0 bridgehead atoms. The van der Waals surface area contributed by atoms with Crippen molar-refractivity contribution in [3.8, 4) is 5.75 Å². The van der Waals surface area contributed by atoms with E-state index in [0.717, 1.165) is 49.8 Å². The van der Waals surface area contributed by atoms with E-state index in [1.54, 1.807) is 0 Å². The number of aryl methyl sites for hydroxylation is 2. The SMILES string of the molecule is Cc1ccc(OCC(=O)Nc2ccc(C[NH+]3CCOCC3)cc2)c(C)c1. The number of morpholine rings is 1. The maximum Gasteiger partial charge on any atom is 0.262 e. The van der Waals surface area contributed by atoms with E-state index in [0.29, 0.717) is 0 Å². The zero-order valence-corrected chi connectivity index (χ0v) is 15.5. The van der Waals surface area contributed by atoms with Gasteiger partial charge in [0.2, 0.25) is 0 Å². The fraction of sp³-hybridized carbons (Fsp3) is 0.381. The Balaban J connectivity index is 1.47. The van der Waals surface area contributed by atoms with Crippen LogP contribution < -0.4 is 15.0 Å². The molecule has 1 aliphatic rings. The van der Waals surface area contributed by atoms with Gasteiger partial charge >= 0.3 is 0 Å². The lowest BCUT2D eigenvalue weighted by atomic mass is 10.1. The number of carbonyl (C=O) groups excluding carboxylic acids is 1. The Kier molecular flexibility index (Phi) is 6.26. The van der Waals surface area contributed by atoms with Crippen molar-refractivity contribution in [3.05, 3.63) is 59.2 Å². The second-order valence-corrected chi connectivity index (χ2v) is 6.84. The van der Waals surface area contributed by atoms with Crippen LogP contribution in [0, 0.1) is 13.8 Å². The molecule has 5 heteroatoms. The number of carbonyl (C=O) groups is 1. The van der Waals surface area contributed by atoms with Gasteiger partial charge in [-0.15, -0.1) is 0 Å². The zero-order chi connectivity index (χ0) is 18.4. The number of benzene rings is 2. The second-order valence-electron chi connectivity index (χ2n) is 6.84. The van der Waals surface area contributed by atoms with Crippen LogP contribution >= 0.6 is 0 Å². The quantitative estimate of drug-likeness (QED) is 0.830. The van der Waals surface area contributed by atoms with Crippen LogP contribution in [-0.4, -0.2) is 38.8 Å². The molecule has 2 aromatic carbocycles. The minimum Gasteiger partial charge on any atom is -0.483 e. The van der Waals surface area contributed by atoms with Crippen LogP contribution in [0.15, 0.2) is 42.5 Å². The zero-order valence-electron chi connectivity index (χ0n) is 15.5. The number of rotatable bonds is 6. The summed E-state index contributed by atoms with van der Waals surface area (Å²) < 4.78 is 11.0. The highest BCUT2D eigenvalue weighted by atomic mass is 16.5. The third-order valence-corrected chi connectivity index (χ3v) is 4.58. The first-order valence-electron chi connectivity index (χ1n) is 9.10. The predicted octanol–water partition coefficient (Wildman–Crippen LogP) is 1.74. The maximum absolute atomic E-state index is 12.1. The molecular weight excluding hydrogens is 328 g/mol. The van der Waals surface area contributed by atoms with Crippen LogP contribution in [0.3, 0.4) is 0 Å². The lowest BCUT2D eigenvalue weighted by molar-refractivity contribution is -0.921. The summed E-state index contributed by atoms with van der Waals surface area (Å²) >= 11 is 0. The topological polar surface area (TPSA) is 52.0 Å². The molecule has 0 radical (unpaired) electrons. The van der Waals surface area contributed by atoms with Crippen molar-refractivity contribution < 1.29 is 19.2 Å². The Labute approximate surface area is 154 Å². The summed E-state index contributed by atoms with van der Waals surface area (Å²) in [6, 6.07) is 14.0. The van der Waals surface area contributed by atoms with Crippen LogP contribution in [0.25, 0.3) is 0 Å². The predicted molar refractivity (Wildman–Crippen MR) is 102 cm³/mol. The summed E-state index contributed by atoms with van der Waals surface area (Å²) in [5.41, 5.74) is 4.28. The average molecular weight is 355 g/mol. The molecule has 1 heterocycles. The molecule has 0 aromatic heterocycles. The molecule has 0 spiro atoms. The molecule has 0 unspecified atom stereocenters. The lowest BCUT2D eigenvalue weighted by Crippen LogP contribution is -3.12. The molecule has 138 valence electrons. The average Bonchev–Trinajstić information content (AvgIpc) is 2.63. The molecule has 1 aliphatic heterocycles. The highest BCUT2D eigenvalue weighted by molar-refractivity contribution is 5.91. The third kappa shape index (κ3) is 5.31. The van der Waals surface area contributed by atoms with Crippen LogP contribution in [0.4, 0.5) is 5.69 Å². The third-order valence-electron chi connectivity index (χ3n) is 4.58. The number of hydrogen-bond acceptors (Lipinski definition) is 3. The molecule has 1 fully saturated rings. The summed E-state index contributed by atoms with van der Waals surface area (Å²) in [4.78, 5) is 13.6. The van der Waals surface area contributed by atoms with E-state index in [-0.39, 0.29) is 12.5 Å². The normalized spacial score (nSPS) is 14.8. The molecule has 1 saturated heterocycles. The first kappa shape index (κ1) is 18.4. The van der Waals surface area contributed by atoms with Gasteiger partial charge in [0.1, 0.15) is 25.4 Å².